The molecule has 2 aliphatic carbocycles. The largest absolute Gasteiger partial charge is 0.392 e. The Hall–Kier alpha value is -0.710. The maximum Gasteiger partial charge on any atom is 0.166 e. The Morgan fingerprint density at radius 1 is 1.25 bits per heavy atom. The molecule has 1 saturated carbocycles. The number of hydrogen-bond donors (Lipinski definition) is 1. The van der Waals surface area contributed by atoms with E-state index in [0.717, 1.165) is 24.8 Å². The third-order valence-corrected chi connectivity index (χ3v) is 5.39. The zero-order chi connectivity index (χ0) is 14.4. The summed E-state index contributed by atoms with van der Waals surface area (Å²) in [7, 11) is 0. The fourth-order valence-electron chi connectivity index (χ4n) is 3.94. The molecular weight excluding hydrogens is 256 g/mol. The van der Waals surface area contributed by atoms with Gasteiger partial charge in [0.15, 0.2) is 11.6 Å². The first-order chi connectivity index (χ1) is 9.45. The number of aliphatic hydroxyl groups is 1. The van der Waals surface area contributed by atoms with Crippen molar-refractivity contribution >= 4 is 5.78 Å². The molecule has 3 aliphatic rings. The summed E-state index contributed by atoms with van der Waals surface area (Å²) in [6.45, 7) is 5.32. The van der Waals surface area contributed by atoms with E-state index in [1.54, 1.807) is 0 Å². The highest BCUT2D eigenvalue weighted by Crippen LogP contribution is 2.51. The van der Waals surface area contributed by atoms with Crippen LogP contribution in [0.1, 0.15) is 52.4 Å². The van der Waals surface area contributed by atoms with Crippen LogP contribution >= 0.6 is 0 Å². The van der Waals surface area contributed by atoms with E-state index < -0.39 is 5.79 Å². The molecule has 1 N–H and O–H groups in total. The van der Waals surface area contributed by atoms with Crippen LogP contribution in [-0.4, -0.2) is 36.0 Å². The predicted molar refractivity (Wildman–Crippen MR) is 74.2 cm³/mol. The van der Waals surface area contributed by atoms with Gasteiger partial charge in [-0.25, -0.2) is 0 Å². The van der Waals surface area contributed by atoms with Gasteiger partial charge in [-0.2, -0.15) is 0 Å². The SMILES string of the molecule is CC1(CCC2=C3CCC(O)C3(C)CCC2=O)OCCO1. The van der Waals surface area contributed by atoms with E-state index in [1.165, 1.54) is 5.57 Å². The number of carbonyl (C=O) groups excluding carboxylic acids is 1. The summed E-state index contributed by atoms with van der Waals surface area (Å²) in [4.78, 5) is 12.3. The van der Waals surface area contributed by atoms with Gasteiger partial charge in [0.1, 0.15) is 0 Å². The average Bonchev–Trinajstić information content (AvgIpc) is 2.96. The molecule has 0 aromatic carbocycles. The van der Waals surface area contributed by atoms with Crippen LogP contribution in [0.25, 0.3) is 0 Å². The molecule has 3 rings (SSSR count). The minimum absolute atomic E-state index is 0.179. The van der Waals surface area contributed by atoms with Crippen molar-refractivity contribution in [1.82, 2.24) is 0 Å². The second kappa shape index (κ2) is 4.93. The average molecular weight is 280 g/mol. The van der Waals surface area contributed by atoms with Crippen molar-refractivity contribution in [2.45, 2.75) is 64.3 Å². The summed E-state index contributed by atoms with van der Waals surface area (Å²) in [5.74, 6) is -0.285. The lowest BCUT2D eigenvalue weighted by molar-refractivity contribution is -0.146. The number of carbonyl (C=O) groups is 1. The molecule has 112 valence electrons. The van der Waals surface area contributed by atoms with E-state index >= 15 is 0 Å². The van der Waals surface area contributed by atoms with Crippen LogP contribution in [0.2, 0.25) is 0 Å². The lowest BCUT2D eigenvalue weighted by Gasteiger charge is -2.35. The summed E-state index contributed by atoms with van der Waals surface area (Å²) in [6.07, 6.45) is 4.11. The van der Waals surface area contributed by atoms with Gasteiger partial charge >= 0.3 is 0 Å². The van der Waals surface area contributed by atoms with Gasteiger partial charge in [-0.3, -0.25) is 4.79 Å². The molecule has 0 aromatic heterocycles. The Bertz CT molecular complexity index is 447. The van der Waals surface area contributed by atoms with Crippen molar-refractivity contribution in [2.75, 3.05) is 13.2 Å². The highest BCUT2D eigenvalue weighted by atomic mass is 16.7. The van der Waals surface area contributed by atoms with Crippen LogP contribution in [0.15, 0.2) is 11.1 Å². The van der Waals surface area contributed by atoms with Gasteiger partial charge in [0, 0.05) is 18.3 Å². The minimum Gasteiger partial charge on any atom is -0.392 e. The van der Waals surface area contributed by atoms with Gasteiger partial charge in [0.25, 0.3) is 0 Å². The number of aliphatic hydroxyl groups excluding tert-OH is 1. The van der Waals surface area contributed by atoms with Crippen molar-refractivity contribution in [3.8, 4) is 0 Å². The van der Waals surface area contributed by atoms with Crippen molar-refractivity contribution < 1.29 is 19.4 Å². The number of hydrogen-bond acceptors (Lipinski definition) is 4. The first kappa shape index (κ1) is 14.2. The van der Waals surface area contributed by atoms with Gasteiger partial charge in [-0.15, -0.1) is 0 Å². The van der Waals surface area contributed by atoms with Gasteiger partial charge in [0.2, 0.25) is 0 Å². The van der Waals surface area contributed by atoms with Crippen molar-refractivity contribution in [1.29, 1.82) is 0 Å². The summed E-state index contributed by atoms with van der Waals surface area (Å²) < 4.78 is 11.2. The van der Waals surface area contributed by atoms with Gasteiger partial charge in [-0.05, 0) is 38.2 Å². The van der Waals surface area contributed by atoms with Crippen LogP contribution < -0.4 is 0 Å². The van der Waals surface area contributed by atoms with Crippen molar-refractivity contribution in [2.24, 2.45) is 5.41 Å². The molecule has 1 aliphatic heterocycles. The topological polar surface area (TPSA) is 55.8 Å². The van der Waals surface area contributed by atoms with E-state index in [2.05, 4.69) is 6.92 Å². The molecule has 2 fully saturated rings. The number of fused-ring (bicyclic) bond motifs is 1. The standard InChI is InChI=1S/C16H24O4/c1-15-7-6-13(17)11(12(15)3-4-14(15)18)5-8-16(2)19-9-10-20-16/h14,18H,3-10H2,1-2H3. The quantitative estimate of drug-likeness (QED) is 0.862. The van der Waals surface area contributed by atoms with Crippen LogP contribution in [0.5, 0.6) is 0 Å². The zero-order valence-corrected chi connectivity index (χ0v) is 12.4. The Labute approximate surface area is 120 Å². The first-order valence-electron chi connectivity index (χ1n) is 7.66. The molecule has 2 atom stereocenters. The second-order valence-electron chi connectivity index (χ2n) is 6.68. The zero-order valence-electron chi connectivity index (χ0n) is 12.4. The molecule has 0 bridgehead atoms. The van der Waals surface area contributed by atoms with Crippen LogP contribution in [0, 0.1) is 5.41 Å². The number of ether oxygens (including phenoxy) is 2. The third kappa shape index (κ3) is 2.24. The van der Waals surface area contributed by atoms with Gasteiger partial charge < -0.3 is 14.6 Å². The van der Waals surface area contributed by atoms with E-state index in [0.29, 0.717) is 32.5 Å². The molecule has 2 unspecified atom stereocenters. The third-order valence-electron chi connectivity index (χ3n) is 5.39. The maximum atomic E-state index is 12.3. The van der Waals surface area contributed by atoms with Crippen molar-refractivity contribution in [3.05, 3.63) is 11.1 Å². The molecule has 0 spiro atoms. The number of ketones is 1. The monoisotopic (exact) mass is 280 g/mol. The normalized spacial score (nSPS) is 36.5. The smallest absolute Gasteiger partial charge is 0.166 e. The van der Waals surface area contributed by atoms with Crippen LogP contribution in [0.3, 0.4) is 0 Å². The molecular formula is C16H24O4. The number of Topliss-reactive ketones (excluding diaryl/α,β-unsaturated/α-hetero) is 1. The fourth-order valence-corrected chi connectivity index (χ4v) is 3.94. The van der Waals surface area contributed by atoms with Crippen LogP contribution in [-0.2, 0) is 14.3 Å². The van der Waals surface area contributed by atoms with Gasteiger partial charge in [0.05, 0.1) is 19.3 Å². The molecule has 0 amide bonds. The Balaban J connectivity index is 1.81. The predicted octanol–water partition coefficient (Wildman–Crippen LogP) is 2.35. The van der Waals surface area contributed by atoms with Crippen LogP contribution in [0.4, 0.5) is 0 Å². The Kier molecular flexibility index (Phi) is 3.51. The minimum atomic E-state index is -0.543. The number of rotatable bonds is 3. The molecule has 1 heterocycles. The molecule has 20 heavy (non-hydrogen) atoms. The summed E-state index contributed by atoms with van der Waals surface area (Å²) >= 11 is 0. The first-order valence-corrected chi connectivity index (χ1v) is 7.66. The van der Waals surface area contributed by atoms with E-state index in [1.807, 2.05) is 6.92 Å². The van der Waals surface area contributed by atoms with E-state index in [9.17, 15) is 9.90 Å². The summed E-state index contributed by atoms with van der Waals surface area (Å²) in [5.41, 5.74) is 1.96. The van der Waals surface area contributed by atoms with E-state index in [-0.39, 0.29) is 17.3 Å². The number of allylic oxidation sites excluding steroid dienone is 1. The molecule has 4 heteroatoms. The summed E-state index contributed by atoms with van der Waals surface area (Å²) in [5, 5.41) is 10.2. The van der Waals surface area contributed by atoms with Crippen molar-refractivity contribution in [3.63, 3.8) is 0 Å². The maximum absolute atomic E-state index is 12.3. The molecule has 0 radical (unpaired) electrons. The molecule has 0 aromatic rings. The lowest BCUT2D eigenvalue weighted by atomic mass is 9.70. The molecule has 1 saturated heterocycles. The Morgan fingerprint density at radius 3 is 2.65 bits per heavy atom. The van der Waals surface area contributed by atoms with E-state index in [4.69, 9.17) is 9.47 Å². The fraction of sp³-hybridized carbons (Fsp3) is 0.812. The second-order valence-corrected chi connectivity index (χ2v) is 6.68. The lowest BCUT2D eigenvalue weighted by Crippen LogP contribution is -2.34. The molecule has 4 nitrogen and oxygen atoms in total. The Morgan fingerprint density at radius 2 is 1.95 bits per heavy atom. The highest BCUT2D eigenvalue weighted by molar-refractivity contribution is 5.97. The highest BCUT2D eigenvalue weighted by Gasteiger charge is 2.47. The van der Waals surface area contributed by atoms with Gasteiger partial charge in [-0.1, -0.05) is 12.5 Å². The summed E-state index contributed by atoms with van der Waals surface area (Å²) in [6, 6.07) is 0.